The van der Waals surface area contributed by atoms with E-state index in [4.69, 9.17) is 0 Å². The van der Waals surface area contributed by atoms with Crippen molar-refractivity contribution in [2.45, 2.75) is 26.4 Å². The fourth-order valence-corrected chi connectivity index (χ4v) is 2.74. The molecule has 2 heteroatoms. The minimum atomic E-state index is 0.209. The molecule has 0 bridgehead atoms. The molecular weight excluding hydrogens is 246 g/mol. The van der Waals surface area contributed by atoms with Crippen molar-refractivity contribution in [3.05, 3.63) is 70.8 Å². The van der Waals surface area contributed by atoms with Crippen LogP contribution in [0.25, 0.3) is 0 Å². The van der Waals surface area contributed by atoms with Crippen LogP contribution in [0.1, 0.15) is 34.0 Å². The summed E-state index contributed by atoms with van der Waals surface area (Å²) in [4.78, 5) is 14.5. The zero-order valence-corrected chi connectivity index (χ0v) is 11.8. The summed E-state index contributed by atoms with van der Waals surface area (Å²) >= 11 is 0. The first kappa shape index (κ1) is 13.1. The number of Topliss-reactive ketones (excluding diaryl/α,β-unsaturated/α-hetero) is 1. The molecule has 0 atom stereocenters. The van der Waals surface area contributed by atoms with Crippen molar-refractivity contribution in [2.75, 3.05) is 6.54 Å². The summed E-state index contributed by atoms with van der Waals surface area (Å²) in [6.45, 7) is 4.39. The smallest absolute Gasteiger partial charge is 0.176 e. The predicted octanol–water partition coefficient (Wildman–Crippen LogP) is 3.45. The van der Waals surface area contributed by atoms with E-state index in [1.807, 2.05) is 24.3 Å². The summed E-state index contributed by atoms with van der Waals surface area (Å²) in [7, 11) is 0. The number of hydrogen-bond donors (Lipinski definition) is 0. The van der Waals surface area contributed by atoms with Gasteiger partial charge in [0.1, 0.15) is 0 Å². The molecule has 2 aromatic rings. The normalized spacial score (nSPS) is 14.2. The predicted molar refractivity (Wildman–Crippen MR) is 80.7 cm³/mol. The SMILES string of the molecule is CCc1ccc(C(=O)CN2Cc3ccccc3C2)cc1. The molecule has 2 nitrogen and oxygen atoms in total. The van der Waals surface area contributed by atoms with Gasteiger partial charge in [-0.25, -0.2) is 0 Å². The first-order chi connectivity index (χ1) is 9.76. The molecular formula is C18H19NO. The Kier molecular flexibility index (Phi) is 3.66. The topological polar surface area (TPSA) is 20.3 Å². The number of aryl methyl sites for hydroxylation is 1. The number of benzene rings is 2. The molecule has 1 aliphatic rings. The zero-order chi connectivity index (χ0) is 13.9. The van der Waals surface area contributed by atoms with E-state index in [1.165, 1.54) is 16.7 Å². The lowest BCUT2D eigenvalue weighted by Crippen LogP contribution is -2.24. The van der Waals surface area contributed by atoms with Crippen LogP contribution in [0.15, 0.2) is 48.5 Å². The molecule has 1 aliphatic heterocycles. The Hall–Kier alpha value is -1.93. The second-order valence-corrected chi connectivity index (χ2v) is 5.39. The molecule has 0 N–H and O–H groups in total. The van der Waals surface area contributed by atoms with E-state index in [2.05, 4.69) is 36.1 Å². The second kappa shape index (κ2) is 5.59. The molecule has 102 valence electrons. The van der Waals surface area contributed by atoms with Crippen molar-refractivity contribution in [3.8, 4) is 0 Å². The molecule has 1 heterocycles. The molecule has 3 rings (SSSR count). The number of ketones is 1. The number of hydrogen-bond acceptors (Lipinski definition) is 2. The Morgan fingerprint density at radius 3 is 2.15 bits per heavy atom. The van der Waals surface area contributed by atoms with Crippen molar-refractivity contribution >= 4 is 5.78 Å². The standard InChI is InChI=1S/C18H19NO/c1-2-14-7-9-15(10-8-14)18(20)13-19-11-16-5-3-4-6-17(16)12-19/h3-10H,2,11-13H2,1H3. The van der Waals surface area contributed by atoms with Crippen LogP contribution in [0.4, 0.5) is 0 Å². The lowest BCUT2D eigenvalue weighted by atomic mass is 10.1. The van der Waals surface area contributed by atoms with Crippen molar-refractivity contribution in [2.24, 2.45) is 0 Å². The van der Waals surface area contributed by atoms with Crippen molar-refractivity contribution < 1.29 is 4.79 Å². The largest absolute Gasteiger partial charge is 0.293 e. The maximum atomic E-state index is 12.3. The molecule has 0 radical (unpaired) electrons. The summed E-state index contributed by atoms with van der Waals surface area (Å²) in [5.41, 5.74) is 4.79. The van der Waals surface area contributed by atoms with Crippen LogP contribution >= 0.6 is 0 Å². The fourth-order valence-electron chi connectivity index (χ4n) is 2.74. The van der Waals surface area contributed by atoms with Crippen LogP contribution in [0.5, 0.6) is 0 Å². The van der Waals surface area contributed by atoms with Gasteiger partial charge < -0.3 is 0 Å². The molecule has 0 fully saturated rings. The molecule has 0 aliphatic carbocycles. The quantitative estimate of drug-likeness (QED) is 0.789. The Bertz CT molecular complexity index is 591. The summed E-state index contributed by atoms with van der Waals surface area (Å²) in [6, 6.07) is 16.4. The van der Waals surface area contributed by atoms with E-state index in [0.29, 0.717) is 6.54 Å². The van der Waals surface area contributed by atoms with E-state index in [1.54, 1.807) is 0 Å². The Balaban J connectivity index is 1.65. The van der Waals surface area contributed by atoms with Gasteiger partial charge in [-0.05, 0) is 23.1 Å². The fraction of sp³-hybridized carbons (Fsp3) is 0.278. The van der Waals surface area contributed by atoms with Gasteiger partial charge in [-0.1, -0.05) is 55.5 Å². The van der Waals surface area contributed by atoms with Crippen LogP contribution in [0.2, 0.25) is 0 Å². The van der Waals surface area contributed by atoms with Gasteiger partial charge in [0.2, 0.25) is 0 Å². The third-order valence-corrected chi connectivity index (χ3v) is 3.96. The lowest BCUT2D eigenvalue weighted by Gasteiger charge is -2.13. The Labute approximate surface area is 120 Å². The third kappa shape index (κ3) is 2.66. The van der Waals surface area contributed by atoms with Crippen LogP contribution in [-0.2, 0) is 19.5 Å². The molecule has 0 saturated carbocycles. The third-order valence-electron chi connectivity index (χ3n) is 3.96. The maximum Gasteiger partial charge on any atom is 0.176 e. The number of nitrogens with zero attached hydrogens (tertiary/aromatic N) is 1. The summed E-state index contributed by atoms with van der Waals surface area (Å²) in [6.07, 6.45) is 1.01. The molecule has 0 aromatic heterocycles. The Morgan fingerprint density at radius 1 is 1.00 bits per heavy atom. The summed E-state index contributed by atoms with van der Waals surface area (Å²) < 4.78 is 0. The van der Waals surface area contributed by atoms with Gasteiger partial charge in [-0.2, -0.15) is 0 Å². The molecule has 2 aromatic carbocycles. The molecule has 0 saturated heterocycles. The Morgan fingerprint density at radius 2 is 1.60 bits per heavy atom. The van der Waals surface area contributed by atoms with Gasteiger partial charge in [0.05, 0.1) is 6.54 Å². The monoisotopic (exact) mass is 265 g/mol. The average molecular weight is 265 g/mol. The van der Waals surface area contributed by atoms with Gasteiger partial charge >= 0.3 is 0 Å². The van der Waals surface area contributed by atoms with Crippen molar-refractivity contribution in [3.63, 3.8) is 0 Å². The van der Waals surface area contributed by atoms with Gasteiger partial charge in [-0.3, -0.25) is 9.69 Å². The first-order valence-electron chi connectivity index (χ1n) is 7.17. The van der Waals surface area contributed by atoms with Crippen molar-refractivity contribution in [1.29, 1.82) is 0 Å². The average Bonchev–Trinajstić information content (AvgIpc) is 2.89. The highest BCUT2D eigenvalue weighted by Gasteiger charge is 2.20. The van der Waals surface area contributed by atoms with Crippen LogP contribution in [0, 0.1) is 0 Å². The van der Waals surface area contributed by atoms with E-state index < -0.39 is 0 Å². The summed E-state index contributed by atoms with van der Waals surface area (Å²) in [5, 5.41) is 0. The first-order valence-corrected chi connectivity index (χ1v) is 7.17. The van der Waals surface area contributed by atoms with Crippen LogP contribution in [0.3, 0.4) is 0 Å². The van der Waals surface area contributed by atoms with E-state index in [-0.39, 0.29) is 5.78 Å². The van der Waals surface area contributed by atoms with E-state index in [9.17, 15) is 4.79 Å². The second-order valence-electron chi connectivity index (χ2n) is 5.39. The number of carbonyl (C=O) groups is 1. The van der Waals surface area contributed by atoms with Gasteiger partial charge in [0.15, 0.2) is 5.78 Å². The van der Waals surface area contributed by atoms with E-state index in [0.717, 1.165) is 25.1 Å². The highest BCUT2D eigenvalue weighted by atomic mass is 16.1. The molecule has 0 spiro atoms. The highest BCUT2D eigenvalue weighted by Crippen LogP contribution is 2.22. The van der Waals surface area contributed by atoms with Gasteiger partial charge in [0.25, 0.3) is 0 Å². The lowest BCUT2D eigenvalue weighted by molar-refractivity contribution is 0.0929. The molecule has 0 amide bonds. The number of fused-ring (bicyclic) bond motifs is 1. The van der Waals surface area contributed by atoms with Gasteiger partial charge in [-0.15, -0.1) is 0 Å². The summed E-state index contributed by atoms with van der Waals surface area (Å²) in [5.74, 6) is 0.209. The minimum Gasteiger partial charge on any atom is -0.293 e. The number of rotatable bonds is 4. The highest BCUT2D eigenvalue weighted by molar-refractivity contribution is 5.97. The minimum absolute atomic E-state index is 0.209. The molecule has 0 unspecified atom stereocenters. The van der Waals surface area contributed by atoms with E-state index >= 15 is 0 Å². The van der Waals surface area contributed by atoms with Gasteiger partial charge in [0, 0.05) is 18.7 Å². The number of carbonyl (C=O) groups excluding carboxylic acids is 1. The molecule has 20 heavy (non-hydrogen) atoms. The van der Waals surface area contributed by atoms with Crippen molar-refractivity contribution in [1.82, 2.24) is 4.90 Å². The maximum absolute atomic E-state index is 12.3. The zero-order valence-electron chi connectivity index (χ0n) is 11.8. The van der Waals surface area contributed by atoms with Crippen LogP contribution in [-0.4, -0.2) is 17.2 Å². The van der Waals surface area contributed by atoms with Crippen LogP contribution < -0.4 is 0 Å².